The third kappa shape index (κ3) is 1.89. The van der Waals surface area contributed by atoms with Gasteiger partial charge in [-0.25, -0.2) is 0 Å². The van der Waals surface area contributed by atoms with Crippen molar-refractivity contribution in [2.24, 2.45) is 5.92 Å². The fraction of sp³-hybridized carbons (Fsp3) is 0.400. The molecule has 1 fully saturated rings. The standard InChI is InChI=1S/C15H17NO2/c1-10-12(7-9-18-10)15(17)13-6-2-4-11-5-3-8-16-14(11)13/h2-6,8,10,12,15,17H,7,9H2,1H3. The van der Waals surface area contributed by atoms with Crippen molar-refractivity contribution in [2.75, 3.05) is 6.61 Å². The number of rotatable bonds is 2. The highest BCUT2D eigenvalue weighted by atomic mass is 16.5. The number of para-hydroxylation sites is 1. The van der Waals surface area contributed by atoms with Gasteiger partial charge in [-0.3, -0.25) is 4.98 Å². The summed E-state index contributed by atoms with van der Waals surface area (Å²) in [6.45, 7) is 2.76. The van der Waals surface area contributed by atoms with E-state index in [0.717, 1.165) is 29.5 Å². The van der Waals surface area contributed by atoms with Gasteiger partial charge in [-0.2, -0.15) is 0 Å². The topological polar surface area (TPSA) is 42.4 Å². The molecule has 3 heteroatoms. The van der Waals surface area contributed by atoms with Crippen molar-refractivity contribution in [3.8, 4) is 0 Å². The van der Waals surface area contributed by atoms with Crippen LogP contribution in [0.3, 0.4) is 0 Å². The number of hydrogen-bond donors (Lipinski definition) is 1. The van der Waals surface area contributed by atoms with Crippen LogP contribution in [0.2, 0.25) is 0 Å². The number of fused-ring (bicyclic) bond motifs is 1. The van der Waals surface area contributed by atoms with E-state index < -0.39 is 6.10 Å². The van der Waals surface area contributed by atoms with Crippen LogP contribution in [-0.2, 0) is 4.74 Å². The van der Waals surface area contributed by atoms with Crippen molar-refractivity contribution >= 4 is 10.9 Å². The first-order valence-corrected chi connectivity index (χ1v) is 6.40. The zero-order valence-corrected chi connectivity index (χ0v) is 10.4. The first kappa shape index (κ1) is 11.6. The maximum absolute atomic E-state index is 10.6. The van der Waals surface area contributed by atoms with Crippen LogP contribution >= 0.6 is 0 Å². The quantitative estimate of drug-likeness (QED) is 0.881. The number of nitrogens with zero attached hydrogens (tertiary/aromatic N) is 1. The number of benzene rings is 1. The fourth-order valence-electron chi connectivity index (χ4n) is 2.76. The Kier molecular flexibility index (Phi) is 3.02. The average Bonchev–Trinajstić information content (AvgIpc) is 2.83. The molecule has 3 unspecified atom stereocenters. The molecule has 3 atom stereocenters. The molecule has 1 N–H and O–H groups in total. The van der Waals surface area contributed by atoms with E-state index in [9.17, 15) is 5.11 Å². The van der Waals surface area contributed by atoms with Gasteiger partial charge in [0.2, 0.25) is 0 Å². The summed E-state index contributed by atoms with van der Waals surface area (Å²) in [6, 6.07) is 9.90. The summed E-state index contributed by atoms with van der Waals surface area (Å²) in [5.41, 5.74) is 1.81. The molecule has 1 aromatic heterocycles. The first-order chi connectivity index (χ1) is 8.77. The second-order valence-corrected chi connectivity index (χ2v) is 4.90. The third-order valence-electron chi connectivity index (χ3n) is 3.82. The van der Waals surface area contributed by atoms with E-state index in [-0.39, 0.29) is 12.0 Å². The Labute approximate surface area is 106 Å². The molecule has 1 aromatic carbocycles. The number of aromatic nitrogens is 1. The molecule has 1 saturated heterocycles. The van der Waals surface area contributed by atoms with Gasteiger partial charge in [-0.05, 0) is 19.4 Å². The highest BCUT2D eigenvalue weighted by Crippen LogP contribution is 2.35. The molecular formula is C15H17NO2. The molecule has 0 bridgehead atoms. The van der Waals surface area contributed by atoms with Crippen molar-refractivity contribution < 1.29 is 9.84 Å². The Hall–Kier alpha value is -1.45. The molecule has 0 radical (unpaired) electrons. The zero-order valence-electron chi connectivity index (χ0n) is 10.4. The SMILES string of the molecule is CC1OCCC1C(O)c1cccc2cccnc12. The van der Waals surface area contributed by atoms with Crippen LogP contribution < -0.4 is 0 Å². The van der Waals surface area contributed by atoms with E-state index in [1.165, 1.54) is 0 Å². The predicted octanol–water partition coefficient (Wildman–Crippen LogP) is 2.69. The summed E-state index contributed by atoms with van der Waals surface area (Å²) >= 11 is 0. The molecule has 3 nitrogen and oxygen atoms in total. The maximum Gasteiger partial charge on any atom is 0.0864 e. The van der Waals surface area contributed by atoms with Crippen LogP contribution in [-0.4, -0.2) is 22.8 Å². The largest absolute Gasteiger partial charge is 0.388 e. The lowest BCUT2D eigenvalue weighted by atomic mass is 9.89. The second-order valence-electron chi connectivity index (χ2n) is 4.90. The van der Waals surface area contributed by atoms with E-state index >= 15 is 0 Å². The van der Waals surface area contributed by atoms with E-state index in [4.69, 9.17) is 4.74 Å². The summed E-state index contributed by atoms with van der Waals surface area (Å²) in [5.74, 6) is 0.164. The normalized spacial score (nSPS) is 25.4. The lowest BCUT2D eigenvalue weighted by molar-refractivity contribution is 0.0437. The van der Waals surface area contributed by atoms with Gasteiger partial charge >= 0.3 is 0 Å². The summed E-state index contributed by atoms with van der Waals surface area (Å²) in [7, 11) is 0. The number of pyridine rings is 1. The summed E-state index contributed by atoms with van der Waals surface area (Å²) in [5, 5.41) is 11.6. The molecular weight excluding hydrogens is 226 g/mol. The lowest BCUT2D eigenvalue weighted by Gasteiger charge is -2.22. The number of aliphatic hydroxyl groups is 1. The van der Waals surface area contributed by atoms with Gasteiger partial charge in [0.1, 0.15) is 0 Å². The molecule has 0 amide bonds. The molecule has 1 aliphatic heterocycles. The first-order valence-electron chi connectivity index (χ1n) is 6.40. The van der Waals surface area contributed by atoms with Crippen molar-refractivity contribution in [1.29, 1.82) is 0 Å². The van der Waals surface area contributed by atoms with Crippen molar-refractivity contribution in [3.63, 3.8) is 0 Å². The van der Waals surface area contributed by atoms with Crippen LogP contribution in [0.5, 0.6) is 0 Å². The van der Waals surface area contributed by atoms with Gasteiger partial charge in [0, 0.05) is 29.7 Å². The molecule has 3 rings (SSSR count). The highest BCUT2D eigenvalue weighted by molar-refractivity contribution is 5.81. The second kappa shape index (κ2) is 4.67. The van der Waals surface area contributed by atoms with Crippen molar-refractivity contribution in [3.05, 3.63) is 42.1 Å². The molecule has 0 saturated carbocycles. The van der Waals surface area contributed by atoms with E-state index in [2.05, 4.69) is 4.98 Å². The van der Waals surface area contributed by atoms with Crippen molar-refractivity contribution in [1.82, 2.24) is 4.98 Å². The number of aliphatic hydroxyl groups excluding tert-OH is 1. The Balaban J connectivity index is 2.03. The summed E-state index contributed by atoms with van der Waals surface area (Å²) in [6.07, 6.45) is 2.29. The molecule has 94 valence electrons. The van der Waals surface area contributed by atoms with Crippen LogP contribution in [0, 0.1) is 5.92 Å². The third-order valence-corrected chi connectivity index (χ3v) is 3.82. The van der Waals surface area contributed by atoms with Gasteiger partial charge < -0.3 is 9.84 Å². The molecule has 2 aromatic rings. The molecule has 2 heterocycles. The van der Waals surface area contributed by atoms with Gasteiger partial charge in [0.15, 0.2) is 0 Å². The zero-order chi connectivity index (χ0) is 12.5. The maximum atomic E-state index is 10.6. The fourth-order valence-corrected chi connectivity index (χ4v) is 2.76. The van der Waals surface area contributed by atoms with E-state index in [0.29, 0.717) is 0 Å². The van der Waals surface area contributed by atoms with Crippen LogP contribution in [0.15, 0.2) is 36.5 Å². The van der Waals surface area contributed by atoms with Crippen LogP contribution in [0.25, 0.3) is 10.9 Å². The van der Waals surface area contributed by atoms with Gasteiger partial charge in [0.05, 0.1) is 17.7 Å². The molecule has 18 heavy (non-hydrogen) atoms. The predicted molar refractivity (Wildman–Crippen MR) is 70.2 cm³/mol. The molecule has 0 aliphatic carbocycles. The summed E-state index contributed by atoms with van der Waals surface area (Å²) in [4.78, 5) is 4.40. The monoisotopic (exact) mass is 243 g/mol. The Morgan fingerprint density at radius 2 is 2.17 bits per heavy atom. The highest BCUT2D eigenvalue weighted by Gasteiger charge is 2.32. The van der Waals surface area contributed by atoms with Gasteiger partial charge in [0.25, 0.3) is 0 Å². The smallest absolute Gasteiger partial charge is 0.0864 e. The summed E-state index contributed by atoms with van der Waals surface area (Å²) < 4.78 is 5.54. The number of hydrogen-bond acceptors (Lipinski definition) is 3. The van der Waals surface area contributed by atoms with E-state index in [1.54, 1.807) is 6.20 Å². The minimum Gasteiger partial charge on any atom is -0.388 e. The van der Waals surface area contributed by atoms with Gasteiger partial charge in [-0.15, -0.1) is 0 Å². The molecule has 0 spiro atoms. The van der Waals surface area contributed by atoms with Crippen LogP contribution in [0.4, 0.5) is 0 Å². The Morgan fingerprint density at radius 1 is 1.33 bits per heavy atom. The average molecular weight is 243 g/mol. The van der Waals surface area contributed by atoms with Gasteiger partial charge in [-0.1, -0.05) is 24.3 Å². The lowest BCUT2D eigenvalue weighted by Crippen LogP contribution is -2.20. The Morgan fingerprint density at radius 3 is 2.94 bits per heavy atom. The minimum atomic E-state index is -0.499. The minimum absolute atomic E-state index is 0.110. The number of ether oxygens (including phenoxy) is 1. The Bertz CT molecular complexity index is 550. The van der Waals surface area contributed by atoms with E-state index in [1.807, 2.05) is 37.3 Å². The van der Waals surface area contributed by atoms with Crippen molar-refractivity contribution in [2.45, 2.75) is 25.6 Å². The van der Waals surface area contributed by atoms with Crippen LogP contribution in [0.1, 0.15) is 25.0 Å². The molecule has 1 aliphatic rings.